The summed E-state index contributed by atoms with van der Waals surface area (Å²) in [5, 5.41) is 2.88. The van der Waals surface area contributed by atoms with Crippen LogP contribution in [0.3, 0.4) is 0 Å². The van der Waals surface area contributed by atoms with Gasteiger partial charge in [-0.1, -0.05) is 18.2 Å². The summed E-state index contributed by atoms with van der Waals surface area (Å²) in [5.41, 5.74) is 3.26. The molecule has 124 valence electrons. The summed E-state index contributed by atoms with van der Waals surface area (Å²) in [6, 6.07) is 11.5. The molecule has 5 heteroatoms. The van der Waals surface area contributed by atoms with Gasteiger partial charge in [-0.2, -0.15) is 0 Å². The van der Waals surface area contributed by atoms with Gasteiger partial charge in [0.1, 0.15) is 0 Å². The van der Waals surface area contributed by atoms with Gasteiger partial charge in [-0.3, -0.25) is 4.79 Å². The summed E-state index contributed by atoms with van der Waals surface area (Å²) in [4.78, 5) is 12.3. The van der Waals surface area contributed by atoms with Crippen LogP contribution in [0, 0.1) is 0 Å². The molecule has 0 aromatic heterocycles. The number of amides is 1. The second-order valence-electron chi connectivity index (χ2n) is 5.25. The van der Waals surface area contributed by atoms with Gasteiger partial charge in [0.25, 0.3) is 5.91 Å². The number of hydrogen-bond donors (Lipinski definition) is 1. The summed E-state index contributed by atoms with van der Waals surface area (Å²) in [7, 11) is 0. The maximum atomic E-state index is 12.3. The molecule has 3 rings (SSSR count). The number of carbonyl (C=O) groups is 1. The number of fused-ring (bicyclic) bond motifs is 1. The predicted molar refractivity (Wildman–Crippen MR) is 99.4 cm³/mol. The van der Waals surface area contributed by atoms with Crippen LogP contribution in [0.1, 0.15) is 25.0 Å². The van der Waals surface area contributed by atoms with Crippen molar-refractivity contribution in [3.8, 4) is 11.5 Å². The monoisotopic (exact) mass is 387 g/mol. The summed E-state index contributed by atoms with van der Waals surface area (Å²) >= 11 is 3.53. The zero-order valence-electron chi connectivity index (χ0n) is 13.6. The zero-order valence-corrected chi connectivity index (χ0v) is 15.1. The maximum Gasteiger partial charge on any atom is 0.256 e. The highest BCUT2D eigenvalue weighted by molar-refractivity contribution is 9.10. The fraction of sp³-hybridized carbons (Fsp3) is 0.211. The van der Waals surface area contributed by atoms with Gasteiger partial charge in [-0.05, 0) is 59.6 Å². The van der Waals surface area contributed by atoms with Crippen LogP contribution in [0.4, 0.5) is 5.69 Å². The van der Waals surface area contributed by atoms with E-state index in [2.05, 4.69) is 21.2 Å². The molecule has 1 N–H and O–H groups in total. The Morgan fingerprint density at radius 3 is 2.62 bits per heavy atom. The normalized spacial score (nSPS) is 14.5. The number of halogens is 1. The second-order valence-corrected chi connectivity index (χ2v) is 6.11. The minimum absolute atomic E-state index is 0.0980. The highest BCUT2D eigenvalue weighted by Gasteiger charge is 2.23. The molecule has 1 heterocycles. The van der Waals surface area contributed by atoms with E-state index >= 15 is 0 Å². The molecule has 0 atom stereocenters. The van der Waals surface area contributed by atoms with E-state index in [4.69, 9.17) is 9.47 Å². The molecule has 0 bridgehead atoms. The van der Waals surface area contributed by atoms with Crippen molar-refractivity contribution in [2.45, 2.75) is 13.8 Å². The number of anilines is 1. The summed E-state index contributed by atoms with van der Waals surface area (Å²) < 4.78 is 12.1. The standard InChI is InChI=1S/C19H18BrNO3/c1-3-23-17-11-12(10-15(20)18(17)24-4-2)9-14-13-7-5-6-8-16(13)21-19(14)22/h5-11H,3-4H2,1-2H3,(H,21,22). The Labute approximate surface area is 149 Å². The summed E-state index contributed by atoms with van der Waals surface area (Å²) in [6.07, 6.45) is 1.87. The smallest absolute Gasteiger partial charge is 0.256 e. The minimum atomic E-state index is -0.0980. The van der Waals surface area contributed by atoms with Gasteiger partial charge in [-0.15, -0.1) is 0 Å². The molecule has 0 fully saturated rings. The highest BCUT2D eigenvalue weighted by atomic mass is 79.9. The van der Waals surface area contributed by atoms with Gasteiger partial charge >= 0.3 is 0 Å². The largest absolute Gasteiger partial charge is 0.490 e. The number of nitrogens with one attached hydrogen (secondary N) is 1. The average Bonchev–Trinajstić information content (AvgIpc) is 2.87. The molecular formula is C19H18BrNO3. The number of benzene rings is 2. The van der Waals surface area contributed by atoms with Crippen molar-refractivity contribution in [3.05, 3.63) is 52.0 Å². The molecule has 0 radical (unpaired) electrons. The third kappa shape index (κ3) is 3.17. The van der Waals surface area contributed by atoms with E-state index in [9.17, 15) is 4.79 Å². The van der Waals surface area contributed by atoms with Crippen LogP contribution in [-0.2, 0) is 4.79 Å². The third-order valence-corrected chi connectivity index (χ3v) is 4.23. The Bertz CT molecular complexity index is 814. The van der Waals surface area contributed by atoms with Crippen molar-refractivity contribution >= 4 is 39.2 Å². The Balaban J connectivity index is 2.05. The molecule has 0 spiro atoms. The molecule has 0 saturated heterocycles. The number of rotatable bonds is 5. The van der Waals surface area contributed by atoms with Gasteiger partial charge in [0.05, 0.1) is 17.7 Å². The van der Waals surface area contributed by atoms with Crippen molar-refractivity contribution < 1.29 is 14.3 Å². The molecule has 2 aromatic rings. The molecule has 0 saturated carbocycles. The summed E-state index contributed by atoms with van der Waals surface area (Å²) in [5.74, 6) is 1.24. The van der Waals surface area contributed by atoms with E-state index in [0.717, 1.165) is 21.3 Å². The van der Waals surface area contributed by atoms with Gasteiger partial charge in [0.15, 0.2) is 11.5 Å². The van der Waals surface area contributed by atoms with Crippen molar-refractivity contribution in [3.63, 3.8) is 0 Å². The molecule has 1 aliphatic rings. The van der Waals surface area contributed by atoms with Crippen LogP contribution in [0.15, 0.2) is 40.9 Å². The van der Waals surface area contributed by atoms with Crippen LogP contribution < -0.4 is 14.8 Å². The number of ether oxygens (including phenoxy) is 2. The number of carbonyl (C=O) groups excluding carboxylic acids is 1. The van der Waals surface area contributed by atoms with Gasteiger partial charge in [0.2, 0.25) is 0 Å². The first-order valence-electron chi connectivity index (χ1n) is 7.85. The Morgan fingerprint density at radius 1 is 1.12 bits per heavy atom. The first-order valence-corrected chi connectivity index (χ1v) is 8.65. The van der Waals surface area contributed by atoms with Crippen molar-refractivity contribution in [2.24, 2.45) is 0 Å². The van der Waals surface area contributed by atoms with Crippen LogP contribution in [0.5, 0.6) is 11.5 Å². The first kappa shape index (κ1) is 16.6. The molecule has 0 aliphatic carbocycles. The van der Waals surface area contributed by atoms with Gasteiger partial charge < -0.3 is 14.8 Å². The van der Waals surface area contributed by atoms with Crippen LogP contribution in [0.2, 0.25) is 0 Å². The van der Waals surface area contributed by atoms with Crippen LogP contribution >= 0.6 is 15.9 Å². The second kappa shape index (κ2) is 7.09. The van der Waals surface area contributed by atoms with E-state index < -0.39 is 0 Å². The third-order valence-electron chi connectivity index (χ3n) is 3.64. The Morgan fingerprint density at radius 2 is 1.88 bits per heavy atom. The summed E-state index contributed by atoms with van der Waals surface area (Å²) in [6.45, 7) is 4.94. The maximum absolute atomic E-state index is 12.3. The van der Waals surface area contributed by atoms with Crippen molar-refractivity contribution in [1.29, 1.82) is 0 Å². The number of para-hydroxylation sites is 1. The Hall–Kier alpha value is -2.27. The lowest BCUT2D eigenvalue weighted by atomic mass is 10.0. The van der Waals surface area contributed by atoms with E-state index in [-0.39, 0.29) is 5.91 Å². The van der Waals surface area contributed by atoms with Gasteiger partial charge in [0, 0.05) is 16.8 Å². The minimum Gasteiger partial charge on any atom is -0.490 e. The molecule has 1 aliphatic heterocycles. The molecule has 2 aromatic carbocycles. The molecule has 24 heavy (non-hydrogen) atoms. The molecule has 4 nitrogen and oxygen atoms in total. The van der Waals surface area contributed by atoms with E-state index in [1.165, 1.54) is 0 Å². The highest BCUT2D eigenvalue weighted by Crippen LogP contribution is 2.39. The molecular weight excluding hydrogens is 370 g/mol. The topological polar surface area (TPSA) is 47.6 Å². The molecule has 0 unspecified atom stereocenters. The fourth-order valence-electron chi connectivity index (χ4n) is 2.67. The van der Waals surface area contributed by atoms with Crippen molar-refractivity contribution in [1.82, 2.24) is 0 Å². The lowest BCUT2D eigenvalue weighted by Gasteiger charge is -2.13. The van der Waals surface area contributed by atoms with E-state index in [1.54, 1.807) is 0 Å². The van der Waals surface area contributed by atoms with Gasteiger partial charge in [-0.25, -0.2) is 0 Å². The zero-order chi connectivity index (χ0) is 17.1. The lowest BCUT2D eigenvalue weighted by molar-refractivity contribution is -0.110. The average molecular weight is 388 g/mol. The fourth-order valence-corrected chi connectivity index (χ4v) is 3.24. The quantitative estimate of drug-likeness (QED) is 0.753. The Kier molecular flexibility index (Phi) is 4.90. The number of hydrogen-bond acceptors (Lipinski definition) is 3. The van der Waals surface area contributed by atoms with Crippen LogP contribution in [0.25, 0.3) is 11.6 Å². The van der Waals surface area contributed by atoms with Crippen molar-refractivity contribution in [2.75, 3.05) is 18.5 Å². The molecule has 1 amide bonds. The van der Waals surface area contributed by atoms with Crippen LogP contribution in [-0.4, -0.2) is 19.1 Å². The van der Waals surface area contributed by atoms with E-state index in [1.807, 2.05) is 56.3 Å². The predicted octanol–water partition coefficient (Wildman–Crippen LogP) is 4.74. The van der Waals surface area contributed by atoms with E-state index in [0.29, 0.717) is 30.3 Å². The first-order chi connectivity index (χ1) is 11.6. The SMILES string of the molecule is CCOc1cc(C=C2C(=O)Nc3ccccc32)cc(Br)c1OCC. The lowest BCUT2D eigenvalue weighted by Crippen LogP contribution is -2.03.